The molecule has 0 spiro atoms. The van der Waals surface area contributed by atoms with E-state index in [-0.39, 0.29) is 11.4 Å². The normalized spacial score (nSPS) is 11.4. The summed E-state index contributed by atoms with van der Waals surface area (Å²) in [5.41, 5.74) is 5.37. The molecule has 0 atom stereocenters. The standard InChI is InChI=1S/C10H10N4O4S/c11-8-2-1-6(5-13-8)7-3-4-14(19(12,17)18)9(7)10(15)16/h1-5H,(H2,11,13)(H,15,16)(H2,12,17,18)/p-1. The Morgan fingerprint density at radius 1 is 1.32 bits per heavy atom. The van der Waals surface area contributed by atoms with Crippen molar-refractivity contribution in [2.24, 2.45) is 5.14 Å². The van der Waals surface area contributed by atoms with Gasteiger partial charge in [0, 0.05) is 23.5 Å². The van der Waals surface area contributed by atoms with Crippen molar-refractivity contribution in [3.63, 3.8) is 0 Å². The van der Waals surface area contributed by atoms with Gasteiger partial charge in [0.05, 0.1) is 11.7 Å². The fraction of sp³-hybridized carbons (Fsp3) is 0. The SMILES string of the molecule is Nc1ccc(-c2ccn(S(N)(=O)=O)c2C(=O)[O-])cn1. The van der Waals surface area contributed by atoms with E-state index >= 15 is 0 Å². The molecule has 0 bridgehead atoms. The number of carbonyl (C=O) groups excluding carboxylic acids is 1. The van der Waals surface area contributed by atoms with Crippen LogP contribution >= 0.6 is 0 Å². The highest BCUT2D eigenvalue weighted by Crippen LogP contribution is 2.25. The molecule has 0 saturated heterocycles. The number of nitrogen functional groups attached to an aromatic ring is 1. The molecule has 0 aliphatic heterocycles. The highest BCUT2D eigenvalue weighted by atomic mass is 32.2. The first-order valence-corrected chi connectivity index (χ1v) is 6.49. The number of carboxylic acid groups (broad SMARTS) is 1. The second-order valence-corrected chi connectivity index (χ2v) is 5.10. The van der Waals surface area contributed by atoms with Gasteiger partial charge in [0.2, 0.25) is 0 Å². The quantitative estimate of drug-likeness (QED) is 0.704. The number of hydrogen-bond donors (Lipinski definition) is 2. The Kier molecular flexibility index (Phi) is 3.00. The number of anilines is 1. The molecule has 100 valence electrons. The van der Waals surface area contributed by atoms with Crippen LogP contribution in [0.15, 0.2) is 30.6 Å². The molecule has 8 nitrogen and oxygen atoms in total. The minimum atomic E-state index is -4.22. The summed E-state index contributed by atoms with van der Waals surface area (Å²) in [7, 11) is -4.22. The lowest BCUT2D eigenvalue weighted by Gasteiger charge is -2.10. The zero-order chi connectivity index (χ0) is 14.2. The number of nitrogens with two attached hydrogens (primary N) is 2. The summed E-state index contributed by atoms with van der Waals surface area (Å²) in [6.07, 6.45) is 2.36. The van der Waals surface area contributed by atoms with E-state index in [2.05, 4.69) is 4.98 Å². The average Bonchev–Trinajstić information content (AvgIpc) is 2.74. The van der Waals surface area contributed by atoms with Gasteiger partial charge in [-0.25, -0.2) is 14.1 Å². The molecule has 0 radical (unpaired) electrons. The second kappa shape index (κ2) is 4.37. The summed E-state index contributed by atoms with van der Waals surface area (Å²) in [5, 5.41) is 16.0. The van der Waals surface area contributed by atoms with E-state index in [0.717, 1.165) is 6.20 Å². The lowest BCUT2D eigenvalue weighted by atomic mass is 10.1. The van der Waals surface area contributed by atoms with E-state index < -0.39 is 21.9 Å². The van der Waals surface area contributed by atoms with E-state index in [1.165, 1.54) is 24.4 Å². The van der Waals surface area contributed by atoms with Gasteiger partial charge in [0.1, 0.15) is 5.82 Å². The van der Waals surface area contributed by atoms with E-state index in [9.17, 15) is 18.3 Å². The Morgan fingerprint density at radius 2 is 2.00 bits per heavy atom. The Morgan fingerprint density at radius 3 is 2.47 bits per heavy atom. The maximum absolute atomic E-state index is 11.3. The van der Waals surface area contributed by atoms with Crippen LogP contribution in [0, 0.1) is 0 Å². The van der Waals surface area contributed by atoms with Crippen molar-refractivity contribution in [1.29, 1.82) is 0 Å². The molecule has 2 aromatic heterocycles. The van der Waals surface area contributed by atoms with E-state index in [0.29, 0.717) is 9.54 Å². The number of carbonyl (C=O) groups is 1. The largest absolute Gasteiger partial charge is 0.543 e. The first-order chi connectivity index (χ1) is 8.80. The Balaban J connectivity index is 2.69. The third kappa shape index (κ3) is 2.41. The van der Waals surface area contributed by atoms with Crippen LogP contribution in [0.2, 0.25) is 0 Å². The van der Waals surface area contributed by atoms with E-state index in [1.54, 1.807) is 0 Å². The van der Waals surface area contributed by atoms with Crippen molar-refractivity contribution in [2.75, 3.05) is 5.73 Å². The Bertz CT molecular complexity index is 733. The van der Waals surface area contributed by atoms with E-state index in [4.69, 9.17) is 10.9 Å². The third-order valence-electron chi connectivity index (χ3n) is 2.42. The summed E-state index contributed by atoms with van der Waals surface area (Å²) < 4.78 is 23.0. The zero-order valence-electron chi connectivity index (χ0n) is 9.48. The number of pyridine rings is 1. The minimum Gasteiger partial charge on any atom is -0.543 e. The number of aromatic nitrogens is 2. The fourth-order valence-corrected chi connectivity index (χ4v) is 2.28. The number of rotatable bonds is 3. The molecule has 0 unspecified atom stereocenters. The number of hydrogen-bond acceptors (Lipinski definition) is 6. The monoisotopic (exact) mass is 281 g/mol. The van der Waals surface area contributed by atoms with Crippen LogP contribution in [0.1, 0.15) is 10.5 Å². The zero-order valence-corrected chi connectivity index (χ0v) is 10.3. The third-order valence-corrected chi connectivity index (χ3v) is 3.27. The predicted molar refractivity (Wildman–Crippen MR) is 64.9 cm³/mol. The van der Waals surface area contributed by atoms with Gasteiger partial charge < -0.3 is 15.6 Å². The molecule has 0 amide bonds. The molecule has 0 saturated carbocycles. The van der Waals surface area contributed by atoms with Crippen LogP contribution < -0.4 is 16.0 Å². The fourth-order valence-electron chi connectivity index (χ4n) is 1.62. The minimum absolute atomic E-state index is 0.126. The summed E-state index contributed by atoms with van der Waals surface area (Å²) in [5.74, 6) is -1.41. The molecule has 0 aliphatic carbocycles. The summed E-state index contributed by atoms with van der Waals surface area (Å²) in [6.45, 7) is 0. The van der Waals surface area contributed by atoms with Gasteiger partial charge in [-0.1, -0.05) is 0 Å². The number of carboxylic acids is 1. The molecular formula is C10H9N4O4S-. The highest BCUT2D eigenvalue weighted by molar-refractivity contribution is 7.87. The van der Waals surface area contributed by atoms with Crippen molar-refractivity contribution in [3.8, 4) is 11.1 Å². The van der Waals surface area contributed by atoms with Crippen molar-refractivity contribution in [3.05, 3.63) is 36.3 Å². The average molecular weight is 281 g/mol. The van der Waals surface area contributed by atoms with Crippen LogP contribution in [-0.2, 0) is 10.2 Å². The van der Waals surface area contributed by atoms with Crippen LogP contribution in [0.3, 0.4) is 0 Å². The maximum atomic E-state index is 11.3. The van der Waals surface area contributed by atoms with Gasteiger partial charge in [-0.15, -0.1) is 0 Å². The maximum Gasteiger partial charge on any atom is 0.302 e. The molecule has 4 N–H and O–H groups in total. The van der Waals surface area contributed by atoms with Gasteiger partial charge in [-0.3, -0.25) is 0 Å². The molecule has 9 heteroatoms. The smallest absolute Gasteiger partial charge is 0.302 e. The summed E-state index contributed by atoms with van der Waals surface area (Å²) in [4.78, 5) is 14.9. The first-order valence-electron chi connectivity index (χ1n) is 4.98. The van der Waals surface area contributed by atoms with Gasteiger partial charge in [0.25, 0.3) is 0 Å². The Labute approximate surface area is 108 Å². The lowest BCUT2D eigenvalue weighted by Crippen LogP contribution is -2.31. The van der Waals surface area contributed by atoms with Crippen molar-refractivity contribution in [2.45, 2.75) is 0 Å². The topological polar surface area (TPSA) is 144 Å². The second-order valence-electron chi connectivity index (χ2n) is 3.68. The van der Waals surface area contributed by atoms with Crippen molar-refractivity contribution < 1.29 is 18.3 Å². The Hall–Kier alpha value is -2.39. The van der Waals surface area contributed by atoms with Gasteiger partial charge >= 0.3 is 10.2 Å². The highest BCUT2D eigenvalue weighted by Gasteiger charge is 2.18. The molecule has 0 aromatic carbocycles. The van der Waals surface area contributed by atoms with Gasteiger partial charge in [-0.2, -0.15) is 8.42 Å². The van der Waals surface area contributed by atoms with E-state index in [1.807, 2.05) is 0 Å². The van der Waals surface area contributed by atoms with Crippen LogP contribution in [-0.4, -0.2) is 23.3 Å². The van der Waals surface area contributed by atoms with Crippen LogP contribution in [0.25, 0.3) is 11.1 Å². The molecule has 0 aliphatic rings. The van der Waals surface area contributed by atoms with Gasteiger partial charge in [0.15, 0.2) is 0 Å². The van der Waals surface area contributed by atoms with Crippen molar-refractivity contribution >= 4 is 22.0 Å². The number of aromatic carboxylic acids is 1. The van der Waals surface area contributed by atoms with Crippen LogP contribution in [0.5, 0.6) is 0 Å². The molecule has 0 fully saturated rings. The predicted octanol–water partition coefficient (Wildman–Crippen LogP) is -1.45. The van der Waals surface area contributed by atoms with Gasteiger partial charge in [-0.05, 0) is 18.2 Å². The number of nitrogens with zero attached hydrogens (tertiary/aromatic N) is 2. The summed E-state index contributed by atoms with van der Waals surface area (Å²) in [6, 6.07) is 4.27. The van der Waals surface area contributed by atoms with Crippen LogP contribution in [0.4, 0.5) is 5.82 Å². The lowest BCUT2D eigenvalue weighted by molar-refractivity contribution is -0.255. The molecule has 2 heterocycles. The first kappa shape index (κ1) is 13.1. The molecule has 19 heavy (non-hydrogen) atoms. The molecule has 2 aromatic rings. The molecule has 2 rings (SSSR count). The van der Waals surface area contributed by atoms with Crippen molar-refractivity contribution in [1.82, 2.24) is 8.96 Å². The summed E-state index contributed by atoms with van der Waals surface area (Å²) >= 11 is 0. The molecular weight excluding hydrogens is 272 g/mol.